The van der Waals surface area contributed by atoms with Gasteiger partial charge in [0.05, 0.1) is 12.2 Å². The summed E-state index contributed by atoms with van der Waals surface area (Å²) in [5.74, 6) is -3.07. The second-order valence-electron chi connectivity index (χ2n) is 8.42. The van der Waals surface area contributed by atoms with Gasteiger partial charge in [-0.1, -0.05) is 36.3 Å². The number of benzene rings is 1. The number of fused-ring (bicyclic) bond motifs is 1. The summed E-state index contributed by atoms with van der Waals surface area (Å²) in [5, 5.41) is 39.7. The molecule has 6 N–H and O–H groups in total. The zero-order valence-corrected chi connectivity index (χ0v) is 17.7. The van der Waals surface area contributed by atoms with Gasteiger partial charge in [0, 0.05) is 24.1 Å². The van der Waals surface area contributed by atoms with Gasteiger partial charge in [0.25, 0.3) is 0 Å². The molecule has 172 valence electrons. The first-order valence-corrected chi connectivity index (χ1v) is 10.4. The van der Waals surface area contributed by atoms with E-state index in [0.29, 0.717) is 19.1 Å². The maximum absolute atomic E-state index is 11.4. The molecule has 31 heavy (non-hydrogen) atoms. The molecule has 0 aliphatic heterocycles. The fourth-order valence-corrected chi connectivity index (χ4v) is 4.77. The van der Waals surface area contributed by atoms with Crippen LogP contribution in [0, 0.1) is 11.3 Å². The number of carboxylic acids is 2. The third-order valence-electron chi connectivity index (χ3n) is 6.66. The highest BCUT2D eigenvalue weighted by atomic mass is 16.6. The van der Waals surface area contributed by atoms with E-state index in [9.17, 15) is 10.2 Å². The van der Waals surface area contributed by atoms with Gasteiger partial charge in [-0.05, 0) is 49.1 Å². The summed E-state index contributed by atoms with van der Waals surface area (Å²) in [5.41, 5.74) is 6.75. The normalized spacial score (nSPS) is 29.7. The number of carboxylic acid groups (broad SMARTS) is 2. The van der Waals surface area contributed by atoms with Crippen LogP contribution < -0.4 is 5.73 Å². The average molecular weight is 437 g/mol. The van der Waals surface area contributed by atoms with Crippen LogP contribution in [0.25, 0.3) is 0 Å². The first-order valence-electron chi connectivity index (χ1n) is 10.4. The van der Waals surface area contributed by atoms with Crippen LogP contribution in [0.4, 0.5) is 0 Å². The van der Waals surface area contributed by atoms with Crippen LogP contribution in [0.2, 0.25) is 0 Å². The molecule has 0 bridgehead atoms. The van der Waals surface area contributed by atoms with E-state index in [1.807, 2.05) is 18.3 Å². The van der Waals surface area contributed by atoms with E-state index in [-0.39, 0.29) is 17.9 Å². The summed E-state index contributed by atoms with van der Waals surface area (Å²) in [6, 6.07) is 8.13. The molecule has 1 aromatic carbocycles. The van der Waals surface area contributed by atoms with Gasteiger partial charge in [-0.15, -0.1) is 0 Å². The van der Waals surface area contributed by atoms with Crippen molar-refractivity contribution >= 4 is 18.2 Å². The van der Waals surface area contributed by atoms with Crippen molar-refractivity contribution in [3.8, 4) is 0 Å². The number of nitrogens with two attached hydrogens (primary N) is 1. The molecule has 0 saturated heterocycles. The van der Waals surface area contributed by atoms with E-state index in [1.54, 1.807) is 0 Å². The predicted molar refractivity (Wildman–Crippen MR) is 114 cm³/mol. The smallest absolute Gasteiger partial charge is 0.414 e. The van der Waals surface area contributed by atoms with Crippen LogP contribution in [0.1, 0.15) is 56.1 Å². The molecule has 2 fully saturated rings. The predicted octanol–water partition coefficient (Wildman–Crippen LogP) is 1.71. The van der Waals surface area contributed by atoms with Crippen molar-refractivity contribution in [1.29, 1.82) is 0 Å². The zero-order chi connectivity index (χ0) is 23.1. The fraction of sp³-hybridized carbons (Fsp3) is 0.591. The Hall–Kier alpha value is -2.49. The Morgan fingerprint density at radius 1 is 1.26 bits per heavy atom. The lowest BCUT2D eigenvalue weighted by molar-refractivity contribution is -0.159. The van der Waals surface area contributed by atoms with Gasteiger partial charge in [-0.25, -0.2) is 9.59 Å². The van der Waals surface area contributed by atoms with E-state index in [2.05, 4.69) is 24.2 Å². The van der Waals surface area contributed by atoms with Crippen molar-refractivity contribution < 1.29 is 34.9 Å². The Balaban J connectivity index is 0.000000501. The Morgan fingerprint density at radius 3 is 2.58 bits per heavy atom. The minimum absolute atomic E-state index is 0.0594. The number of aliphatic carboxylic acids is 2. The van der Waals surface area contributed by atoms with Crippen LogP contribution in [-0.4, -0.2) is 57.3 Å². The summed E-state index contributed by atoms with van der Waals surface area (Å²) in [4.78, 5) is 23.4. The van der Waals surface area contributed by atoms with Gasteiger partial charge < -0.3 is 31.0 Å². The van der Waals surface area contributed by atoms with Crippen molar-refractivity contribution in [2.45, 2.75) is 57.2 Å². The number of oxime groups is 1. The Morgan fingerprint density at radius 2 is 1.97 bits per heavy atom. The first-order chi connectivity index (χ1) is 14.7. The first kappa shape index (κ1) is 24.8. The molecule has 0 unspecified atom stereocenters. The summed E-state index contributed by atoms with van der Waals surface area (Å²) in [7, 11) is 0. The van der Waals surface area contributed by atoms with Crippen LogP contribution in [-0.2, 0) is 21.0 Å². The van der Waals surface area contributed by atoms with Gasteiger partial charge in [0.1, 0.15) is 6.61 Å². The van der Waals surface area contributed by atoms with Gasteiger partial charge in [-0.2, -0.15) is 0 Å². The van der Waals surface area contributed by atoms with E-state index in [4.69, 9.17) is 30.4 Å². The molecule has 2 aliphatic rings. The van der Waals surface area contributed by atoms with Crippen LogP contribution >= 0.6 is 0 Å². The molecule has 0 aromatic heterocycles. The quantitative estimate of drug-likeness (QED) is 0.195. The van der Waals surface area contributed by atoms with Crippen LogP contribution in [0.5, 0.6) is 0 Å². The van der Waals surface area contributed by atoms with E-state index < -0.39 is 17.5 Å². The lowest BCUT2D eigenvalue weighted by Crippen LogP contribution is -2.49. The molecule has 9 nitrogen and oxygen atoms in total. The third kappa shape index (κ3) is 5.81. The Bertz CT molecular complexity index is 788. The second kappa shape index (κ2) is 10.7. The van der Waals surface area contributed by atoms with Gasteiger partial charge >= 0.3 is 11.9 Å². The third-order valence-corrected chi connectivity index (χ3v) is 6.66. The van der Waals surface area contributed by atoms with Gasteiger partial charge in [0.2, 0.25) is 0 Å². The number of hydrogen-bond donors (Lipinski definition) is 5. The number of rotatable bonds is 6. The Kier molecular flexibility index (Phi) is 8.55. The van der Waals surface area contributed by atoms with Crippen molar-refractivity contribution in [3.05, 3.63) is 35.4 Å². The minimum atomic E-state index is -1.82. The largest absolute Gasteiger partial charge is 0.473 e. The summed E-state index contributed by atoms with van der Waals surface area (Å²) < 4.78 is 0. The molecule has 0 spiro atoms. The SMILES string of the molecule is C[C@]12CC[C@H](c3cccc(CO)c3)C[C@@]1(O)CC[C@@H]2C=NOCCN.O=C(O)C(=O)O. The Labute approximate surface area is 181 Å². The number of aliphatic hydroxyl groups excluding tert-OH is 1. The van der Waals surface area contributed by atoms with Crippen molar-refractivity contribution in [3.63, 3.8) is 0 Å². The second-order valence-corrected chi connectivity index (χ2v) is 8.42. The highest BCUT2D eigenvalue weighted by Gasteiger charge is 2.58. The van der Waals surface area contributed by atoms with Gasteiger partial charge in [-0.3, -0.25) is 0 Å². The van der Waals surface area contributed by atoms with E-state index in [0.717, 1.165) is 37.7 Å². The molecule has 3 rings (SSSR count). The molecule has 0 heterocycles. The molecule has 9 heteroatoms. The number of aliphatic hydroxyl groups is 2. The molecular formula is C22H32N2O7. The molecule has 1 aromatic rings. The number of carbonyl (C=O) groups is 2. The fourth-order valence-electron chi connectivity index (χ4n) is 4.77. The highest BCUT2D eigenvalue weighted by Crippen LogP contribution is 2.60. The number of hydrogen-bond acceptors (Lipinski definition) is 7. The van der Waals surface area contributed by atoms with Crippen molar-refractivity contribution in [2.75, 3.05) is 13.2 Å². The standard InChI is InChI=1S/C20H30N2O3.C2H2O4/c1-19-7-5-17(16-4-2-3-15(11-16)14-23)12-20(19,24)8-6-18(19)13-22-25-10-9-21;3-1(4)2(5)6/h2-4,11,13,17-18,23-24H,5-10,12,14,21H2,1H3;(H,3,4)(H,5,6)/t17-,18+,19+,20-;/m0./s1. The molecule has 4 atom stereocenters. The molecule has 2 aliphatic carbocycles. The maximum Gasteiger partial charge on any atom is 0.414 e. The molecule has 2 saturated carbocycles. The highest BCUT2D eigenvalue weighted by molar-refractivity contribution is 6.27. The van der Waals surface area contributed by atoms with Crippen molar-refractivity contribution in [2.24, 2.45) is 22.2 Å². The van der Waals surface area contributed by atoms with E-state index in [1.165, 1.54) is 5.56 Å². The monoisotopic (exact) mass is 436 g/mol. The summed E-state index contributed by atoms with van der Waals surface area (Å²) in [6.07, 6.45) is 6.39. The minimum Gasteiger partial charge on any atom is -0.473 e. The van der Waals surface area contributed by atoms with Crippen LogP contribution in [0.15, 0.2) is 29.4 Å². The van der Waals surface area contributed by atoms with Crippen molar-refractivity contribution in [1.82, 2.24) is 0 Å². The number of nitrogens with zero attached hydrogens (tertiary/aromatic N) is 1. The maximum atomic E-state index is 11.4. The molecule has 0 amide bonds. The average Bonchev–Trinajstić information content (AvgIpc) is 3.01. The zero-order valence-electron chi connectivity index (χ0n) is 17.7. The topological polar surface area (TPSA) is 163 Å². The van der Waals surface area contributed by atoms with E-state index >= 15 is 0 Å². The summed E-state index contributed by atoms with van der Waals surface area (Å²) >= 11 is 0. The van der Waals surface area contributed by atoms with Crippen LogP contribution in [0.3, 0.4) is 0 Å². The van der Waals surface area contributed by atoms with Gasteiger partial charge in [0.15, 0.2) is 0 Å². The molecule has 0 radical (unpaired) electrons. The summed E-state index contributed by atoms with van der Waals surface area (Å²) in [6.45, 7) is 3.13. The lowest BCUT2D eigenvalue weighted by Gasteiger charge is -2.48. The lowest BCUT2D eigenvalue weighted by atomic mass is 9.59. The molecular weight excluding hydrogens is 404 g/mol.